The third-order valence-corrected chi connectivity index (χ3v) is 1.94. The van der Waals surface area contributed by atoms with Gasteiger partial charge in [-0.2, -0.15) is 0 Å². The van der Waals surface area contributed by atoms with Crippen LogP contribution in [0.5, 0.6) is 0 Å². The topological polar surface area (TPSA) is 38.0 Å². The largest absolute Gasteiger partial charge is 0.381 e. The van der Waals surface area contributed by atoms with Crippen molar-refractivity contribution in [3.05, 3.63) is 29.6 Å². The zero-order valence-corrected chi connectivity index (χ0v) is 7.97. The Morgan fingerprint density at radius 1 is 1.54 bits per heavy atom. The summed E-state index contributed by atoms with van der Waals surface area (Å²) in [5, 5.41) is 3.20. The molecule has 13 heavy (non-hydrogen) atoms. The molecule has 0 aromatic heterocycles. The van der Waals surface area contributed by atoms with E-state index in [1.807, 2.05) is 13.8 Å². The first-order valence-corrected chi connectivity index (χ1v) is 4.36. The van der Waals surface area contributed by atoms with Gasteiger partial charge in [-0.15, -0.1) is 0 Å². The number of nitrogens with one attached hydrogen (secondary N) is 1. The molecule has 0 heterocycles. The predicted octanol–water partition coefficient (Wildman–Crippen LogP) is 1.89. The fourth-order valence-corrected chi connectivity index (χ4v) is 1.11. The number of halogens is 1. The molecule has 3 N–H and O–H groups in total. The van der Waals surface area contributed by atoms with Crippen LogP contribution in [0.2, 0.25) is 0 Å². The van der Waals surface area contributed by atoms with E-state index in [-0.39, 0.29) is 11.9 Å². The second-order valence-corrected chi connectivity index (χ2v) is 3.24. The lowest BCUT2D eigenvalue weighted by Crippen LogP contribution is -2.25. The fraction of sp³-hybridized carbons (Fsp3) is 0.400. The molecule has 1 unspecified atom stereocenters. The van der Waals surface area contributed by atoms with Crippen molar-refractivity contribution in [1.29, 1.82) is 0 Å². The van der Waals surface area contributed by atoms with Crippen molar-refractivity contribution in [2.24, 2.45) is 5.73 Å². The van der Waals surface area contributed by atoms with Gasteiger partial charge in [0.1, 0.15) is 5.82 Å². The van der Waals surface area contributed by atoms with Gasteiger partial charge in [0.2, 0.25) is 0 Å². The Morgan fingerprint density at radius 2 is 2.23 bits per heavy atom. The normalized spacial score (nSPS) is 12.6. The first kappa shape index (κ1) is 9.99. The van der Waals surface area contributed by atoms with Gasteiger partial charge in [-0.05, 0) is 37.6 Å². The van der Waals surface area contributed by atoms with E-state index in [1.54, 1.807) is 6.07 Å². The molecule has 0 aliphatic heterocycles. The lowest BCUT2D eigenvalue weighted by atomic mass is 10.2. The maximum atomic E-state index is 12.7. The molecule has 0 aliphatic carbocycles. The molecule has 0 spiro atoms. The van der Waals surface area contributed by atoms with Crippen molar-refractivity contribution >= 4 is 5.69 Å². The summed E-state index contributed by atoms with van der Waals surface area (Å²) in [6, 6.07) is 4.89. The summed E-state index contributed by atoms with van der Waals surface area (Å²) >= 11 is 0. The zero-order chi connectivity index (χ0) is 9.84. The Labute approximate surface area is 77.9 Å². The van der Waals surface area contributed by atoms with Gasteiger partial charge in [0, 0.05) is 18.3 Å². The summed E-state index contributed by atoms with van der Waals surface area (Å²) in [5.74, 6) is -0.205. The summed E-state index contributed by atoms with van der Waals surface area (Å²) in [6.07, 6.45) is 0. The molecule has 0 radical (unpaired) electrons. The Bertz CT molecular complexity index is 286. The molecule has 0 fully saturated rings. The SMILES string of the molecule is Cc1cc(F)ccc1NC(C)CN. The molecule has 1 aromatic rings. The minimum absolute atomic E-state index is 0.205. The number of hydrogen-bond donors (Lipinski definition) is 2. The molecule has 1 atom stereocenters. The van der Waals surface area contributed by atoms with Gasteiger partial charge < -0.3 is 11.1 Å². The fourth-order valence-electron chi connectivity index (χ4n) is 1.11. The van der Waals surface area contributed by atoms with Crippen molar-refractivity contribution in [2.75, 3.05) is 11.9 Å². The molecule has 0 bridgehead atoms. The molecule has 0 saturated heterocycles. The van der Waals surface area contributed by atoms with Crippen molar-refractivity contribution < 1.29 is 4.39 Å². The molecule has 0 amide bonds. The third kappa shape index (κ3) is 2.70. The third-order valence-electron chi connectivity index (χ3n) is 1.94. The van der Waals surface area contributed by atoms with Crippen LogP contribution in [-0.4, -0.2) is 12.6 Å². The van der Waals surface area contributed by atoms with Crippen molar-refractivity contribution in [3.8, 4) is 0 Å². The molecule has 1 aromatic carbocycles. The zero-order valence-electron chi connectivity index (χ0n) is 7.97. The van der Waals surface area contributed by atoms with Crippen LogP contribution in [0.3, 0.4) is 0 Å². The van der Waals surface area contributed by atoms with Crippen molar-refractivity contribution in [3.63, 3.8) is 0 Å². The number of anilines is 1. The summed E-state index contributed by atoms with van der Waals surface area (Å²) in [5.41, 5.74) is 7.31. The van der Waals surface area contributed by atoms with E-state index in [2.05, 4.69) is 5.32 Å². The van der Waals surface area contributed by atoms with Crippen molar-refractivity contribution in [2.45, 2.75) is 19.9 Å². The smallest absolute Gasteiger partial charge is 0.123 e. The van der Waals surface area contributed by atoms with E-state index in [0.29, 0.717) is 6.54 Å². The summed E-state index contributed by atoms with van der Waals surface area (Å²) in [7, 11) is 0. The second kappa shape index (κ2) is 4.23. The minimum atomic E-state index is -0.205. The molecule has 0 aliphatic rings. The highest BCUT2D eigenvalue weighted by atomic mass is 19.1. The van der Waals surface area contributed by atoms with Crippen LogP contribution < -0.4 is 11.1 Å². The van der Waals surface area contributed by atoms with Crippen LogP contribution in [0.4, 0.5) is 10.1 Å². The van der Waals surface area contributed by atoms with Gasteiger partial charge in [0.05, 0.1) is 0 Å². The molecule has 0 saturated carbocycles. The van der Waals surface area contributed by atoms with Gasteiger partial charge >= 0.3 is 0 Å². The Kier molecular flexibility index (Phi) is 3.25. The van der Waals surface area contributed by atoms with E-state index in [0.717, 1.165) is 11.3 Å². The highest BCUT2D eigenvalue weighted by Crippen LogP contribution is 2.16. The number of hydrogen-bond acceptors (Lipinski definition) is 2. The van der Waals surface area contributed by atoms with Gasteiger partial charge in [-0.1, -0.05) is 0 Å². The first-order valence-electron chi connectivity index (χ1n) is 4.36. The van der Waals surface area contributed by atoms with E-state index < -0.39 is 0 Å². The highest BCUT2D eigenvalue weighted by molar-refractivity contribution is 5.51. The van der Waals surface area contributed by atoms with E-state index in [9.17, 15) is 4.39 Å². The quantitative estimate of drug-likeness (QED) is 0.749. The molecule has 3 heteroatoms. The predicted molar refractivity (Wildman–Crippen MR) is 53.3 cm³/mol. The Balaban J connectivity index is 2.77. The van der Waals surface area contributed by atoms with Gasteiger partial charge in [-0.3, -0.25) is 0 Å². The lowest BCUT2D eigenvalue weighted by Gasteiger charge is -2.14. The van der Waals surface area contributed by atoms with Gasteiger partial charge in [0.25, 0.3) is 0 Å². The number of benzene rings is 1. The lowest BCUT2D eigenvalue weighted by molar-refractivity contribution is 0.626. The maximum absolute atomic E-state index is 12.7. The van der Waals surface area contributed by atoms with Crippen molar-refractivity contribution in [1.82, 2.24) is 0 Å². The molecular weight excluding hydrogens is 167 g/mol. The van der Waals surface area contributed by atoms with Crippen LogP contribution in [0.25, 0.3) is 0 Å². The average molecular weight is 182 g/mol. The molecule has 72 valence electrons. The number of rotatable bonds is 3. The van der Waals surface area contributed by atoms with E-state index >= 15 is 0 Å². The van der Waals surface area contributed by atoms with Gasteiger partial charge in [-0.25, -0.2) is 4.39 Å². The highest BCUT2D eigenvalue weighted by Gasteiger charge is 2.02. The standard InChI is InChI=1S/C10H15FN2/c1-7-5-9(11)3-4-10(7)13-8(2)6-12/h3-5,8,13H,6,12H2,1-2H3. The Morgan fingerprint density at radius 3 is 2.77 bits per heavy atom. The Hall–Kier alpha value is -1.09. The van der Waals surface area contributed by atoms with Crippen LogP contribution in [0.15, 0.2) is 18.2 Å². The van der Waals surface area contributed by atoms with E-state index in [1.165, 1.54) is 12.1 Å². The molecule has 1 rings (SSSR count). The molecular formula is C10H15FN2. The summed E-state index contributed by atoms with van der Waals surface area (Å²) < 4.78 is 12.7. The van der Waals surface area contributed by atoms with Crippen LogP contribution >= 0.6 is 0 Å². The average Bonchev–Trinajstić information content (AvgIpc) is 2.09. The van der Waals surface area contributed by atoms with Crippen LogP contribution in [0.1, 0.15) is 12.5 Å². The second-order valence-electron chi connectivity index (χ2n) is 3.24. The monoisotopic (exact) mass is 182 g/mol. The van der Waals surface area contributed by atoms with Crippen LogP contribution in [-0.2, 0) is 0 Å². The van der Waals surface area contributed by atoms with Crippen LogP contribution in [0, 0.1) is 12.7 Å². The maximum Gasteiger partial charge on any atom is 0.123 e. The van der Waals surface area contributed by atoms with Gasteiger partial charge in [0.15, 0.2) is 0 Å². The summed E-state index contributed by atoms with van der Waals surface area (Å²) in [6.45, 7) is 4.42. The summed E-state index contributed by atoms with van der Waals surface area (Å²) in [4.78, 5) is 0. The number of aryl methyl sites for hydroxylation is 1. The molecule has 2 nitrogen and oxygen atoms in total. The minimum Gasteiger partial charge on any atom is -0.381 e. The van der Waals surface area contributed by atoms with E-state index in [4.69, 9.17) is 5.73 Å². The first-order chi connectivity index (χ1) is 6.13. The number of nitrogens with two attached hydrogens (primary N) is 1.